The zero-order valence-electron chi connectivity index (χ0n) is 13.9. The van der Waals surface area contributed by atoms with E-state index < -0.39 is 0 Å². The fourth-order valence-electron chi connectivity index (χ4n) is 3.21. The Morgan fingerprint density at radius 1 is 1.17 bits per heavy atom. The molecule has 1 N–H and O–H groups in total. The smallest absolute Gasteiger partial charge is 0.134 e. The van der Waals surface area contributed by atoms with Crippen LogP contribution in [0.5, 0.6) is 0 Å². The fourth-order valence-corrected chi connectivity index (χ4v) is 3.21. The first-order valence-corrected chi connectivity index (χ1v) is 8.38. The van der Waals surface area contributed by atoms with Crippen molar-refractivity contribution in [2.24, 2.45) is 0 Å². The summed E-state index contributed by atoms with van der Waals surface area (Å²) < 4.78 is 0. The Morgan fingerprint density at radius 3 is 3.04 bits per heavy atom. The lowest BCUT2D eigenvalue weighted by molar-refractivity contribution is 0.310. The number of para-hydroxylation sites is 1. The average molecular weight is 319 g/mol. The monoisotopic (exact) mass is 319 g/mol. The lowest BCUT2D eigenvalue weighted by atomic mass is 10.1. The van der Waals surface area contributed by atoms with E-state index in [1.807, 2.05) is 18.3 Å². The minimum absolute atomic E-state index is 0.840. The number of hydrogen-bond acceptors (Lipinski definition) is 5. The summed E-state index contributed by atoms with van der Waals surface area (Å²) >= 11 is 0. The minimum atomic E-state index is 0.840. The molecule has 2 aromatic heterocycles. The Morgan fingerprint density at radius 2 is 2.08 bits per heavy atom. The van der Waals surface area contributed by atoms with Crippen molar-refractivity contribution in [2.45, 2.75) is 19.4 Å². The first-order valence-electron chi connectivity index (χ1n) is 8.38. The number of hydrogen-bond donors (Lipinski definition) is 1. The van der Waals surface area contributed by atoms with Crippen LogP contribution in [0.2, 0.25) is 0 Å². The molecule has 0 radical (unpaired) electrons. The van der Waals surface area contributed by atoms with Crippen molar-refractivity contribution in [3.05, 3.63) is 59.7 Å². The molecular weight excluding hydrogens is 298 g/mol. The molecule has 5 nitrogen and oxygen atoms in total. The van der Waals surface area contributed by atoms with Crippen molar-refractivity contribution in [3.8, 4) is 0 Å². The fraction of sp³-hybridized carbons (Fsp3) is 0.316. The topological polar surface area (TPSA) is 53.9 Å². The molecule has 0 atom stereocenters. The highest BCUT2D eigenvalue weighted by Gasteiger charge is 2.18. The molecule has 1 aromatic carbocycles. The van der Waals surface area contributed by atoms with Crippen LogP contribution in [0, 0.1) is 0 Å². The second-order valence-corrected chi connectivity index (χ2v) is 6.35. The van der Waals surface area contributed by atoms with Crippen molar-refractivity contribution in [2.75, 3.05) is 25.5 Å². The second-order valence-electron chi connectivity index (χ2n) is 6.35. The Bertz CT molecular complexity index is 861. The van der Waals surface area contributed by atoms with Gasteiger partial charge in [-0.25, -0.2) is 9.97 Å². The number of likely N-dealkylation sites (N-methyl/N-ethyl adjacent to an activating group) is 1. The van der Waals surface area contributed by atoms with E-state index in [1.165, 1.54) is 22.2 Å². The largest absolute Gasteiger partial charge is 0.369 e. The molecule has 0 aliphatic carbocycles. The van der Waals surface area contributed by atoms with E-state index in [9.17, 15) is 0 Å². The van der Waals surface area contributed by atoms with Gasteiger partial charge < -0.3 is 10.2 Å². The summed E-state index contributed by atoms with van der Waals surface area (Å²) in [5.41, 5.74) is 4.70. The van der Waals surface area contributed by atoms with Crippen LogP contribution < -0.4 is 5.32 Å². The summed E-state index contributed by atoms with van der Waals surface area (Å²) in [5, 5.41) is 4.68. The van der Waals surface area contributed by atoms with Crippen LogP contribution in [0.1, 0.15) is 16.8 Å². The quantitative estimate of drug-likeness (QED) is 0.801. The molecule has 122 valence electrons. The summed E-state index contributed by atoms with van der Waals surface area (Å²) in [5.74, 6) is 0.972. The van der Waals surface area contributed by atoms with Crippen LogP contribution in [-0.2, 0) is 19.4 Å². The summed E-state index contributed by atoms with van der Waals surface area (Å²) in [4.78, 5) is 15.7. The van der Waals surface area contributed by atoms with Gasteiger partial charge in [-0.15, -0.1) is 0 Å². The molecule has 0 spiro atoms. The van der Waals surface area contributed by atoms with E-state index in [-0.39, 0.29) is 0 Å². The molecule has 5 heteroatoms. The number of anilines is 1. The van der Waals surface area contributed by atoms with Gasteiger partial charge in [0, 0.05) is 43.2 Å². The highest BCUT2D eigenvalue weighted by atomic mass is 15.1. The molecule has 0 bridgehead atoms. The number of nitrogens with one attached hydrogen (secondary N) is 1. The van der Waals surface area contributed by atoms with Gasteiger partial charge in [0.1, 0.15) is 12.1 Å². The summed E-state index contributed by atoms with van der Waals surface area (Å²) in [6.45, 7) is 2.81. The third kappa shape index (κ3) is 3.08. The Labute approximate surface area is 141 Å². The Kier molecular flexibility index (Phi) is 4.09. The molecule has 24 heavy (non-hydrogen) atoms. The van der Waals surface area contributed by atoms with E-state index in [4.69, 9.17) is 0 Å². The molecular formula is C19H21N5. The van der Waals surface area contributed by atoms with Crippen LogP contribution in [-0.4, -0.2) is 40.0 Å². The Hall–Kier alpha value is -2.53. The minimum Gasteiger partial charge on any atom is -0.369 e. The predicted octanol–water partition coefficient (Wildman–Crippen LogP) is 2.67. The molecule has 3 aromatic rings. The van der Waals surface area contributed by atoms with Crippen molar-refractivity contribution in [3.63, 3.8) is 0 Å². The highest BCUT2D eigenvalue weighted by Crippen LogP contribution is 2.22. The molecule has 3 heterocycles. The van der Waals surface area contributed by atoms with Gasteiger partial charge in [-0.1, -0.05) is 18.2 Å². The van der Waals surface area contributed by atoms with Gasteiger partial charge in [0.15, 0.2) is 0 Å². The predicted molar refractivity (Wildman–Crippen MR) is 96.0 cm³/mol. The molecule has 0 saturated carbocycles. The average Bonchev–Trinajstić information content (AvgIpc) is 2.62. The highest BCUT2D eigenvalue weighted by molar-refractivity contribution is 5.78. The van der Waals surface area contributed by atoms with Gasteiger partial charge in [0.2, 0.25) is 0 Å². The summed E-state index contributed by atoms with van der Waals surface area (Å²) in [6.07, 6.45) is 5.56. The van der Waals surface area contributed by atoms with Crippen LogP contribution >= 0.6 is 0 Å². The van der Waals surface area contributed by atoms with Gasteiger partial charge >= 0.3 is 0 Å². The van der Waals surface area contributed by atoms with Crippen molar-refractivity contribution in [1.82, 2.24) is 19.9 Å². The van der Waals surface area contributed by atoms with E-state index in [1.54, 1.807) is 6.33 Å². The molecule has 0 saturated heterocycles. The third-order valence-corrected chi connectivity index (χ3v) is 4.55. The zero-order chi connectivity index (χ0) is 16.4. The van der Waals surface area contributed by atoms with Gasteiger partial charge in [-0.3, -0.25) is 4.98 Å². The first kappa shape index (κ1) is 15.0. The maximum Gasteiger partial charge on any atom is 0.134 e. The molecule has 1 aliphatic rings. The van der Waals surface area contributed by atoms with Crippen molar-refractivity contribution < 1.29 is 0 Å². The van der Waals surface area contributed by atoms with Crippen LogP contribution in [0.15, 0.2) is 42.9 Å². The number of pyridine rings is 1. The number of benzene rings is 1. The van der Waals surface area contributed by atoms with E-state index in [2.05, 4.69) is 50.4 Å². The normalized spacial score (nSPS) is 14.5. The first-order chi connectivity index (χ1) is 11.8. The summed E-state index contributed by atoms with van der Waals surface area (Å²) in [7, 11) is 2.14. The molecule has 1 aliphatic heterocycles. The molecule has 4 rings (SSSR count). The molecule has 0 unspecified atom stereocenters. The summed E-state index contributed by atoms with van der Waals surface area (Å²) in [6, 6.07) is 10.4. The number of fused-ring (bicyclic) bond motifs is 2. The number of nitrogens with zero attached hydrogens (tertiary/aromatic N) is 4. The van der Waals surface area contributed by atoms with Gasteiger partial charge in [0.05, 0.1) is 11.2 Å². The lowest BCUT2D eigenvalue weighted by Gasteiger charge is -2.25. The van der Waals surface area contributed by atoms with Gasteiger partial charge in [0.25, 0.3) is 0 Å². The zero-order valence-corrected chi connectivity index (χ0v) is 13.9. The SMILES string of the molecule is CN1CCc2ncnc(NCCc3cnc4ccccc4c3)c2C1. The van der Waals surface area contributed by atoms with Crippen molar-refractivity contribution in [1.29, 1.82) is 0 Å². The Balaban J connectivity index is 1.45. The maximum absolute atomic E-state index is 4.53. The van der Waals surface area contributed by atoms with E-state index >= 15 is 0 Å². The number of rotatable bonds is 4. The van der Waals surface area contributed by atoms with Crippen molar-refractivity contribution >= 4 is 16.7 Å². The van der Waals surface area contributed by atoms with Crippen LogP contribution in [0.4, 0.5) is 5.82 Å². The molecule has 0 amide bonds. The maximum atomic E-state index is 4.53. The third-order valence-electron chi connectivity index (χ3n) is 4.55. The molecule has 0 fully saturated rings. The number of aromatic nitrogens is 3. The standard InChI is InChI=1S/C19H21N5/c1-24-9-7-18-16(12-24)19(23-13-22-18)20-8-6-14-10-15-4-2-3-5-17(15)21-11-14/h2-5,10-11,13H,6-9,12H2,1H3,(H,20,22,23). The van der Waals surface area contributed by atoms with Crippen LogP contribution in [0.3, 0.4) is 0 Å². The van der Waals surface area contributed by atoms with E-state index in [0.29, 0.717) is 0 Å². The lowest BCUT2D eigenvalue weighted by Crippen LogP contribution is -2.28. The second kappa shape index (κ2) is 6.53. The van der Waals surface area contributed by atoms with E-state index in [0.717, 1.165) is 43.8 Å². The van der Waals surface area contributed by atoms with Gasteiger partial charge in [-0.2, -0.15) is 0 Å². The van der Waals surface area contributed by atoms with Crippen LogP contribution in [0.25, 0.3) is 10.9 Å². The van der Waals surface area contributed by atoms with Gasteiger partial charge in [-0.05, 0) is 31.2 Å².